The third-order valence-electron chi connectivity index (χ3n) is 4.79. The maximum absolute atomic E-state index is 13.0. The molecule has 1 heterocycles. The summed E-state index contributed by atoms with van der Waals surface area (Å²) in [4.78, 5) is 14.1. The third-order valence-corrected chi connectivity index (χ3v) is 7.00. The normalized spacial score (nSPS) is 15.3. The van der Waals surface area contributed by atoms with Gasteiger partial charge in [0.1, 0.15) is 5.82 Å². The van der Waals surface area contributed by atoms with E-state index < -0.39 is 10.0 Å². The van der Waals surface area contributed by atoms with Crippen LogP contribution < -0.4 is 10.2 Å². The van der Waals surface area contributed by atoms with Crippen LogP contribution in [0.4, 0.5) is 10.1 Å². The lowest BCUT2D eigenvalue weighted by Gasteiger charge is -2.35. The maximum Gasteiger partial charge on any atom is 0.251 e. The van der Waals surface area contributed by atoms with Gasteiger partial charge in [-0.05, 0) is 55.0 Å². The Balaban J connectivity index is 1.42. The lowest BCUT2D eigenvalue weighted by Crippen LogP contribution is -2.49. The van der Waals surface area contributed by atoms with Crippen molar-refractivity contribution in [2.75, 3.05) is 43.4 Å². The monoisotopic (exact) mass is 439 g/mol. The van der Waals surface area contributed by atoms with Gasteiger partial charge in [-0.25, -0.2) is 12.8 Å². The molecule has 0 aromatic heterocycles. The van der Waals surface area contributed by atoms with E-state index >= 15 is 0 Å². The van der Waals surface area contributed by atoms with Gasteiger partial charge < -0.3 is 10.2 Å². The van der Waals surface area contributed by atoms with Crippen molar-refractivity contribution in [3.8, 4) is 0 Å². The van der Waals surface area contributed by atoms with Gasteiger partial charge in [0.15, 0.2) is 0 Å². The number of piperazine rings is 1. The van der Waals surface area contributed by atoms with Crippen LogP contribution in [0.2, 0.25) is 5.02 Å². The predicted octanol–water partition coefficient (Wildman–Crippen LogP) is 2.75. The first-order chi connectivity index (χ1) is 13.8. The average Bonchev–Trinajstić information content (AvgIpc) is 2.72. The molecular weight excluding hydrogens is 417 g/mol. The lowest BCUT2D eigenvalue weighted by atomic mass is 10.2. The summed E-state index contributed by atoms with van der Waals surface area (Å²) in [7, 11) is -3.39. The van der Waals surface area contributed by atoms with Crippen molar-refractivity contribution in [1.29, 1.82) is 0 Å². The molecule has 156 valence electrons. The van der Waals surface area contributed by atoms with Crippen LogP contribution in [0, 0.1) is 5.82 Å². The first-order valence-electron chi connectivity index (χ1n) is 9.37. The molecule has 1 amide bonds. The Kier molecular flexibility index (Phi) is 7.10. The Morgan fingerprint density at radius 2 is 1.62 bits per heavy atom. The highest BCUT2D eigenvalue weighted by Crippen LogP contribution is 2.18. The Morgan fingerprint density at radius 3 is 2.24 bits per heavy atom. The number of halogens is 2. The number of hydrogen-bond donors (Lipinski definition) is 1. The van der Waals surface area contributed by atoms with Crippen molar-refractivity contribution in [3.63, 3.8) is 0 Å². The van der Waals surface area contributed by atoms with Crippen LogP contribution in [0.3, 0.4) is 0 Å². The summed E-state index contributed by atoms with van der Waals surface area (Å²) in [5.74, 6) is -0.574. The van der Waals surface area contributed by atoms with Crippen molar-refractivity contribution in [2.45, 2.75) is 6.42 Å². The fourth-order valence-electron chi connectivity index (χ4n) is 3.17. The second kappa shape index (κ2) is 9.56. The number of sulfonamides is 1. The van der Waals surface area contributed by atoms with Crippen molar-refractivity contribution in [3.05, 3.63) is 64.9 Å². The number of nitrogens with zero attached hydrogens (tertiary/aromatic N) is 2. The Bertz CT molecular complexity index is 928. The molecule has 1 aliphatic heterocycles. The van der Waals surface area contributed by atoms with E-state index in [0.717, 1.165) is 5.69 Å². The standard InChI is InChI=1S/C20H23ClFN3O3S/c21-17-4-2-16(3-5-17)20(26)23-10-1-15-29(27,28)25-13-11-24(12-14-25)19-8-6-18(22)7-9-19/h2-9H,1,10-15H2,(H,23,26). The van der Waals surface area contributed by atoms with Gasteiger partial charge in [0.25, 0.3) is 5.91 Å². The summed E-state index contributed by atoms with van der Waals surface area (Å²) in [6, 6.07) is 12.7. The summed E-state index contributed by atoms with van der Waals surface area (Å²) in [5.41, 5.74) is 1.36. The number of nitrogens with one attached hydrogen (secondary N) is 1. The van der Waals surface area contributed by atoms with Crippen molar-refractivity contribution in [2.24, 2.45) is 0 Å². The largest absolute Gasteiger partial charge is 0.369 e. The molecular formula is C20H23ClFN3O3S. The first-order valence-corrected chi connectivity index (χ1v) is 11.4. The molecule has 3 rings (SSSR count). The van der Waals surface area contributed by atoms with Gasteiger partial charge in [-0.3, -0.25) is 4.79 Å². The zero-order valence-electron chi connectivity index (χ0n) is 15.9. The number of hydrogen-bond acceptors (Lipinski definition) is 4. The van der Waals surface area contributed by atoms with Gasteiger partial charge in [0.2, 0.25) is 10.0 Å². The van der Waals surface area contributed by atoms with Crippen LogP contribution in [-0.2, 0) is 10.0 Å². The lowest BCUT2D eigenvalue weighted by molar-refractivity contribution is 0.0953. The van der Waals surface area contributed by atoms with Gasteiger partial charge in [0.05, 0.1) is 5.75 Å². The molecule has 1 saturated heterocycles. The zero-order valence-corrected chi connectivity index (χ0v) is 17.4. The summed E-state index contributed by atoms with van der Waals surface area (Å²) in [6.07, 6.45) is 0.333. The SMILES string of the molecule is O=C(NCCCS(=O)(=O)N1CCN(c2ccc(F)cc2)CC1)c1ccc(Cl)cc1. The molecule has 2 aromatic rings. The minimum Gasteiger partial charge on any atom is -0.369 e. The fourth-order valence-corrected chi connectivity index (χ4v) is 4.78. The summed E-state index contributed by atoms with van der Waals surface area (Å²) in [5, 5.41) is 3.27. The van der Waals surface area contributed by atoms with Crippen LogP contribution in [-0.4, -0.2) is 57.1 Å². The molecule has 0 bridgehead atoms. The Morgan fingerprint density at radius 1 is 1.00 bits per heavy atom. The van der Waals surface area contributed by atoms with Crippen LogP contribution in [0.1, 0.15) is 16.8 Å². The molecule has 0 saturated carbocycles. The van der Waals surface area contributed by atoms with Crippen LogP contribution in [0.5, 0.6) is 0 Å². The highest BCUT2D eigenvalue weighted by molar-refractivity contribution is 7.89. The first kappa shape index (κ1) is 21.5. The number of anilines is 1. The minimum atomic E-state index is -3.39. The zero-order chi connectivity index (χ0) is 20.9. The Hall–Kier alpha value is -2.16. The minimum absolute atomic E-state index is 0.0234. The van der Waals surface area contributed by atoms with Crippen LogP contribution in [0.15, 0.2) is 48.5 Å². The molecule has 0 spiro atoms. The average molecular weight is 440 g/mol. The Labute approximate surface area is 175 Å². The van der Waals surface area contributed by atoms with E-state index in [4.69, 9.17) is 11.6 Å². The van der Waals surface area contributed by atoms with E-state index in [1.54, 1.807) is 36.4 Å². The van der Waals surface area contributed by atoms with E-state index in [2.05, 4.69) is 5.32 Å². The molecule has 1 aliphatic rings. The van der Waals surface area contributed by atoms with E-state index in [0.29, 0.717) is 43.2 Å². The molecule has 6 nitrogen and oxygen atoms in total. The van der Waals surface area contributed by atoms with Gasteiger partial charge in [0, 0.05) is 49.0 Å². The number of carbonyl (C=O) groups excluding carboxylic acids is 1. The van der Waals surface area contributed by atoms with Gasteiger partial charge >= 0.3 is 0 Å². The summed E-state index contributed by atoms with van der Waals surface area (Å²) < 4.78 is 39.6. The van der Waals surface area contributed by atoms with E-state index in [1.807, 2.05) is 4.90 Å². The quantitative estimate of drug-likeness (QED) is 0.673. The molecule has 0 aliphatic carbocycles. The molecule has 1 N–H and O–H groups in total. The number of carbonyl (C=O) groups is 1. The summed E-state index contributed by atoms with van der Waals surface area (Å²) in [6.45, 7) is 2.15. The molecule has 0 atom stereocenters. The van der Waals surface area contributed by atoms with E-state index in [-0.39, 0.29) is 24.0 Å². The fraction of sp³-hybridized carbons (Fsp3) is 0.350. The maximum atomic E-state index is 13.0. The second-order valence-corrected chi connectivity index (χ2v) is 9.32. The molecule has 2 aromatic carbocycles. The molecule has 0 unspecified atom stereocenters. The molecule has 29 heavy (non-hydrogen) atoms. The second-order valence-electron chi connectivity index (χ2n) is 6.79. The number of benzene rings is 2. The van der Waals surface area contributed by atoms with Crippen molar-refractivity contribution < 1.29 is 17.6 Å². The van der Waals surface area contributed by atoms with Crippen molar-refractivity contribution >= 4 is 33.2 Å². The number of rotatable bonds is 7. The topological polar surface area (TPSA) is 69.7 Å². The van der Waals surface area contributed by atoms with E-state index in [1.165, 1.54) is 16.4 Å². The highest BCUT2D eigenvalue weighted by atomic mass is 35.5. The van der Waals surface area contributed by atoms with Crippen LogP contribution >= 0.6 is 11.6 Å². The smallest absolute Gasteiger partial charge is 0.251 e. The molecule has 9 heteroatoms. The predicted molar refractivity (Wildman–Crippen MR) is 112 cm³/mol. The van der Waals surface area contributed by atoms with Crippen molar-refractivity contribution in [1.82, 2.24) is 9.62 Å². The molecule has 1 fully saturated rings. The highest BCUT2D eigenvalue weighted by Gasteiger charge is 2.26. The van der Waals surface area contributed by atoms with Gasteiger partial charge in [-0.1, -0.05) is 11.6 Å². The van der Waals surface area contributed by atoms with Crippen LogP contribution in [0.25, 0.3) is 0 Å². The van der Waals surface area contributed by atoms with E-state index in [9.17, 15) is 17.6 Å². The third kappa shape index (κ3) is 5.91. The summed E-state index contributed by atoms with van der Waals surface area (Å²) >= 11 is 5.80. The number of amides is 1. The van der Waals surface area contributed by atoms with Gasteiger partial charge in [-0.2, -0.15) is 4.31 Å². The molecule has 0 radical (unpaired) electrons. The van der Waals surface area contributed by atoms with Gasteiger partial charge in [-0.15, -0.1) is 0 Å².